The van der Waals surface area contributed by atoms with E-state index in [0.717, 1.165) is 31.5 Å². The minimum atomic E-state index is -0.411. The van der Waals surface area contributed by atoms with Crippen LogP contribution in [0.15, 0.2) is 40.3 Å². The number of likely N-dealkylation sites (tertiary alicyclic amines) is 1. The summed E-state index contributed by atoms with van der Waals surface area (Å²) in [6, 6.07) is 9.69. The summed E-state index contributed by atoms with van der Waals surface area (Å²) in [5.41, 5.74) is 0.664. The van der Waals surface area contributed by atoms with Crippen LogP contribution >= 0.6 is 11.8 Å². The molecule has 1 amide bonds. The van der Waals surface area contributed by atoms with Crippen LogP contribution < -0.4 is 5.69 Å². The summed E-state index contributed by atoms with van der Waals surface area (Å²) in [6.45, 7) is 2.66. The molecule has 7 nitrogen and oxygen atoms in total. The minimum absolute atomic E-state index is 0.0811. The molecule has 0 aliphatic carbocycles. The number of nitrogens with zero attached hydrogens (tertiary/aromatic N) is 3. The van der Waals surface area contributed by atoms with Crippen molar-refractivity contribution in [3.63, 3.8) is 0 Å². The highest BCUT2D eigenvalue weighted by atomic mass is 32.2. The fourth-order valence-electron chi connectivity index (χ4n) is 3.05. The summed E-state index contributed by atoms with van der Waals surface area (Å²) in [7, 11) is 1.63. The molecule has 26 heavy (non-hydrogen) atoms. The number of aromatic nitrogens is 3. The summed E-state index contributed by atoms with van der Waals surface area (Å²) in [5.74, 6) is 0.0811. The lowest BCUT2D eigenvalue weighted by molar-refractivity contribution is -0.129. The van der Waals surface area contributed by atoms with Crippen molar-refractivity contribution in [1.82, 2.24) is 19.7 Å². The first-order valence-corrected chi connectivity index (χ1v) is 9.73. The molecule has 1 atom stereocenters. The van der Waals surface area contributed by atoms with E-state index in [2.05, 4.69) is 10.2 Å². The highest BCUT2D eigenvalue weighted by molar-refractivity contribution is 8.00. The zero-order valence-electron chi connectivity index (χ0n) is 14.9. The van der Waals surface area contributed by atoms with Gasteiger partial charge in [0.1, 0.15) is 5.25 Å². The molecule has 1 N–H and O–H groups in total. The number of nitrogens with one attached hydrogen (secondary N) is 1. The van der Waals surface area contributed by atoms with E-state index >= 15 is 0 Å². The van der Waals surface area contributed by atoms with Gasteiger partial charge in [-0.1, -0.05) is 42.1 Å². The van der Waals surface area contributed by atoms with Gasteiger partial charge in [0.15, 0.2) is 5.16 Å². The zero-order chi connectivity index (χ0) is 18.4. The molecular formula is C18H24N4O3S. The number of methoxy groups -OCH3 is 1. The number of hydrogen-bond acceptors (Lipinski definition) is 5. The average molecular weight is 376 g/mol. The van der Waals surface area contributed by atoms with Crippen LogP contribution in [0.2, 0.25) is 0 Å². The van der Waals surface area contributed by atoms with E-state index in [-0.39, 0.29) is 11.6 Å². The molecule has 1 saturated heterocycles. The quantitative estimate of drug-likeness (QED) is 0.563. The molecule has 2 aromatic rings. The highest BCUT2D eigenvalue weighted by Crippen LogP contribution is 2.36. The summed E-state index contributed by atoms with van der Waals surface area (Å²) in [5, 5.41) is 6.77. The molecule has 0 spiro atoms. The van der Waals surface area contributed by atoms with Gasteiger partial charge in [-0.3, -0.25) is 9.36 Å². The SMILES string of the molecule is COCCCn1c(SC(C(=O)N2CCCC2)c2ccccc2)n[nH]c1=O. The van der Waals surface area contributed by atoms with Crippen LogP contribution in [-0.2, 0) is 16.1 Å². The Labute approximate surface area is 156 Å². The standard InChI is InChI=1S/C18H24N4O3S/c1-25-13-7-12-22-17(24)19-20-18(22)26-15(14-8-3-2-4-9-14)16(23)21-10-5-6-11-21/h2-4,8-9,15H,5-7,10-13H2,1H3,(H,19,24). The number of aromatic amines is 1. The molecule has 1 fully saturated rings. The Morgan fingerprint density at radius 2 is 2.04 bits per heavy atom. The predicted molar refractivity (Wildman–Crippen MR) is 100 cm³/mol. The Hall–Kier alpha value is -2.06. The second-order valence-corrected chi connectivity index (χ2v) is 7.32. The van der Waals surface area contributed by atoms with E-state index in [9.17, 15) is 9.59 Å². The van der Waals surface area contributed by atoms with Crippen molar-refractivity contribution in [3.8, 4) is 0 Å². The minimum Gasteiger partial charge on any atom is -0.385 e. The third-order valence-corrected chi connectivity index (χ3v) is 5.65. The van der Waals surface area contributed by atoms with E-state index in [0.29, 0.717) is 24.7 Å². The van der Waals surface area contributed by atoms with Crippen molar-refractivity contribution in [2.45, 2.75) is 36.2 Å². The van der Waals surface area contributed by atoms with Gasteiger partial charge in [0.25, 0.3) is 0 Å². The number of carbonyl (C=O) groups is 1. The maximum atomic E-state index is 13.1. The number of H-pyrrole nitrogens is 1. The van der Waals surface area contributed by atoms with Crippen LogP contribution in [0, 0.1) is 0 Å². The van der Waals surface area contributed by atoms with Crippen LogP contribution in [-0.4, -0.2) is 52.4 Å². The van der Waals surface area contributed by atoms with Crippen LogP contribution in [0.3, 0.4) is 0 Å². The van der Waals surface area contributed by atoms with Crippen molar-refractivity contribution in [3.05, 3.63) is 46.4 Å². The lowest BCUT2D eigenvalue weighted by atomic mass is 10.1. The van der Waals surface area contributed by atoms with Gasteiger partial charge >= 0.3 is 5.69 Å². The monoisotopic (exact) mass is 376 g/mol. The molecule has 8 heteroatoms. The van der Waals surface area contributed by atoms with Gasteiger partial charge in [-0.05, 0) is 24.8 Å². The number of hydrogen-bond donors (Lipinski definition) is 1. The number of ether oxygens (including phenoxy) is 1. The number of benzene rings is 1. The Balaban J connectivity index is 1.84. The highest BCUT2D eigenvalue weighted by Gasteiger charge is 2.30. The van der Waals surface area contributed by atoms with Crippen LogP contribution in [0.1, 0.15) is 30.1 Å². The largest absolute Gasteiger partial charge is 0.385 e. The number of amides is 1. The van der Waals surface area contributed by atoms with Gasteiger partial charge in [0.05, 0.1) is 0 Å². The molecule has 1 aromatic carbocycles. The molecule has 1 unspecified atom stereocenters. The van der Waals surface area contributed by atoms with Crippen molar-refractivity contribution in [2.75, 3.05) is 26.8 Å². The van der Waals surface area contributed by atoms with Crippen molar-refractivity contribution >= 4 is 17.7 Å². The Morgan fingerprint density at radius 3 is 2.73 bits per heavy atom. The number of carbonyl (C=O) groups excluding carboxylic acids is 1. The molecule has 140 valence electrons. The maximum Gasteiger partial charge on any atom is 0.343 e. The molecular weight excluding hydrogens is 352 g/mol. The predicted octanol–water partition coefficient (Wildman–Crippen LogP) is 2.06. The van der Waals surface area contributed by atoms with Crippen LogP contribution in [0.25, 0.3) is 0 Å². The fourth-order valence-corrected chi connectivity index (χ4v) is 4.21. The topological polar surface area (TPSA) is 80.2 Å². The van der Waals surface area contributed by atoms with Gasteiger partial charge in [-0.25, -0.2) is 9.89 Å². The first-order chi connectivity index (χ1) is 12.7. The molecule has 1 aromatic heterocycles. The lowest BCUT2D eigenvalue weighted by Gasteiger charge is -2.23. The number of thioether (sulfide) groups is 1. The van der Waals surface area contributed by atoms with Gasteiger partial charge in [-0.15, -0.1) is 5.10 Å². The normalized spacial score (nSPS) is 15.3. The van der Waals surface area contributed by atoms with E-state index in [1.54, 1.807) is 11.7 Å². The van der Waals surface area contributed by atoms with Gasteiger partial charge in [-0.2, -0.15) is 0 Å². The molecule has 2 heterocycles. The fraction of sp³-hybridized carbons (Fsp3) is 0.500. The van der Waals surface area contributed by atoms with Gasteiger partial charge < -0.3 is 9.64 Å². The lowest BCUT2D eigenvalue weighted by Crippen LogP contribution is -2.31. The van der Waals surface area contributed by atoms with E-state index in [1.807, 2.05) is 35.2 Å². The summed E-state index contributed by atoms with van der Waals surface area (Å²) >= 11 is 1.33. The Morgan fingerprint density at radius 1 is 1.31 bits per heavy atom. The van der Waals surface area contributed by atoms with E-state index in [4.69, 9.17) is 4.74 Å². The smallest absolute Gasteiger partial charge is 0.343 e. The van der Waals surface area contributed by atoms with Gasteiger partial charge in [0, 0.05) is 33.4 Å². The summed E-state index contributed by atoms with van der Waals surface area (Å²) in [4.78, 5) is 27.1. The Bertz CT molecular complexity index is 768. The second-order valence-electron chi connectivity index (χ2n) is 6.25. The second kappa shape index (κ2) is 9.05. The van der Waals surface area contributed by atoms with E-state index < -0.39 is 5.25 Å². The first kappa shape index (κ1) is 18.7. The molecule has 0 bridgehead atoms. The maximum absolute atomic E-state index is 13.1. The summed E-state index contributed by atoms with van der Waals surface area (Å²) < 4.78 is 6.64. The van der Waals surface area contributed by atoms with Crippen molar-refractivity contribution < 1.29 is 9.53 Å². The van der Waals surface area contributed by atoms with E-state index in [1.165, 1.54) is 11.8 Å². The molecule has 1 aliphatic heterocycles. The third kappa shape index (κ3) is 4.37. The van der Waals surface area contributed by atoms with Crippen LogP contribution in [0.4, 0.5) is 0 Å². The van der Waals surface area contributed by atoms with Crippen molar-refractivity contribution in [2.24, 2.45) is 0 Å². The zero-order valence-corrected chi connectivity index (χ0v) is 15.7. The molecule has 1 aliphatic rings. The molecule has 0 saturated carbocycles. The van der Waals surface area contributed by atoms with Gasteiger partial charge in [0.2, 0.25) is 5.91 Å². The van der Waals surface area contributed by atoms with Crippen molar-refractivity contribution in [1.29, 1.82) is 0 Å². The Kier molecular flexibility index (Phi) is 6.51. The summed E-state index contributed by atoms with van der Waals surface area (Å²) in [6.07, 6.45) is 2.80. The number of rotatable bonds is 8. The average Bonchev–Trinajstić information content (AvgIpc) is 3.31. The molecule has 3 rings (SSSR count). The first-order valence-electron chi connectivity index (χ1n) is 8.85. The molecule has 0 radical (unpaired) electrons. The third-order valence-electron chi connectivity index (χ3n) is 4.42. The van der Waals surface area contributed by atoms with Crippen LogP contribution in [0.5, 0.6) is 0 Å².